The molecule has 30 heavy (non-hydrogen) atoms. The number of hydrogen-bond acceptors (Lipinski definition) is 3. The lowest BCUT2D eigenvalue weighted by molar-refractivity contribution is -0.143. The largest absolute Gasteiger partial charge is 0.492 e. The van der Waals surface area contributed by atoms with Gasteiger partial charge in [-0.15, -0.1) is 0 Å². The summed E-state index contributed by atoms with van der Waals surface area (Å²) in [4.78, 5) is 12.4. The van der Waals surface area contributed by atoms with E-state index < -0.39 is 23.3 Å². The molecule has 0 saturated carbocycles. The zero-order valence-electron chi connectivity index (χ0n) is 16.9. The molecule has 0 fully saturated rings. The van der Waals surface area contributed by atoms with Crippen LogP contribution in [-0.2, 0) is 6.18 Å². The summed E-state index contributed by atoms with van der Waals surface area (Å²) >= 11 is 0. The average molecular weight is 417 g/mol. The molecule has 158 valence electrons. The lowest BCUT2D eigenvalue weighted by atomic mass is 10.1. The molecule has 1 aromatic heterocycles. The van der Waals surface area contributed by atoms with Gasteiger partial charge in [-0.05, 0) is 55.7 Å². The van der Waals surface area contributed by atoms with Gasteiger partial charge in [0.05, 0.1) is 24.0 Å². The van der Waals surface area contributed by atoms with Crippen LogP contribution in [0.4, 0.5) is 13.2 Å². The van der Waals surface area contributed by atoms with Crippen molar-refractivity contribution in [1.29, 1.82) is 0 Å². The van der Waals surface area contributed by atoms with Gasteiger partial charge in [0.15, 0.2) is 5.69 Å². The van der Waals surface area contributed by atoms with Crippen LogP contribution in [-0.4, -0.2) is 28.8 Å². The molecule has 8 heteroatoms. The number of ether oxygens (including phenoxy) is 1. The van der Waals surface area contributed by atoms with Crippen molar-refractivity contribution in [2.24, 2.45) is 0 Å². The van der Waals surface area contributed by atoms with E-state index >= 15 is 0 Å². The van der Waals surface area contributed by atoms with E-state index in [9.17, 15) is 18.0 Å². The van der Waals surface area contributed by atoms with Crippen molar-refractivity contribution in [2.45, 2.75) is 26.9 Å². The number of nitrogens with zero attached hydrogens (tertiary/aromatic N) is 2. The minimum Gasteiger partial charge on any atom is -0.492 e. The van der Waals surface area contributed by atoms with Crippen molar-refractivity contribution in [3.63, 3.8) is 0 Å². The second kappa shape index (κ2) is 8.61. The van der Waals surface area contributed by atoms with Crippen molar-refractivity contribution < 1.29 is 22.7 Å². The fourth-order valence-corrected chi connectivity index (χ4v) is 3.22. The van der Waals surface area contributed by atoms with E-state index in [0.29, 0.717) is 11.3 Å². The van der Waals surface area contributed by atoms with Gasteiger partial charge in [-0.2, -0.15) is 18.3 Å². The maximum Gasteiger partial charge on any atom is 0.434 e. The van der Waals surface area contributed by atoms with Crippen LogP contribution in [0.5, 0.6) is 5.75 Å². The number of carbonyl (C=O) groups excluding carboxylic acids is 1. The fraction of sp³-hybridized carbons (Fsp3) is 0.273. The van der Waals surface area contributed by atoms with E-state index in [2.05, 4.69) is 10.4 Å². The van der Waals surface area contributed by atoms with Gasteiger partial charge in [0, 0.05) is 0 Å². The van der Waals surface area contributed by atoms with Crippen LogP contribution in [0.3, 0.4) is 0 Å². The van der Waals surface area contributed by atoms with Crippen LogP contribution in [0.1, 0.15) is 32.7 Å². The summed E-state index contributed by atoms with van der Waals surface area (Å²) in [5.41, 5.74) is 1.31. The number of benzene rings is 2. The van der Waals surface area contributed by atoms with E-state index in [1.807, 2.05) is 32.0 Å². The summed E-state index contributed by atoms with van der Waals surface area (Å²) in [6.07, 6.45) is -3.81. The van der Waals surface area contributed by atoms with Gasteiger partial charge >= 0.3 is 6.18 Å². The lowest BCUT2D eigenvalue weighted by Crippen LogP contribution is -2.30. The summed E-state index contributed by atoms with van der Waals surface area (Å²) in [7, 11) is 0. The second-order valence-electron chi connectivity index (χ2n) is 7.03. The smallest absolute Gasteiger partial charge is 0.434 e. The number of para-hydroxylation sites is 1. The van der Waals surface area contributed by atoms with Crippen molar-refractivity contribution in [1.82, 2.24) is 15.1 Å². The quantitative estimate of drug-likeness (QED) is 0.595. The number of nitrogens with one attached hydrogen (secondary N) is 1. The summed E-state index contributed by atoms with van der Waals surface area (Å²) in [5, 5.41) is 6.31. The van der Waals surface area contributed by atoms with Gasteiger partial charge in [-0.3, -0.25) is 4.79 Å². The molecule has 0 aliphatic rings. The first-order valence-corrected chi connectivity index (χ1v) is 9.37. The molecule has 1 heterocycles. The predicted octanol–water partition coefficient (Wildman–Crippen LogP) is 4.63. The Kier molecular flexibility index (Phi) is 6.14. The lowest BCUT2D eigenvalue weighted by Gasteiger charge is -2.14. The van der Waals surface area contributed by atoms with Gasteiger partial charge < -0.3 is 10.1 Å². The highest BCUT2D eigenvalue weighted by atomic mass is 19.4. The van der Waals surface area contributed by atoms with Gasteiger partial charge in [0.2, 0.25) is 0 Å². The van der Waals surface area contributed by atoms with Crippen molar-refractivity contribution in [3.05, 3.63) is 76.6 Å². The predicted molar refractivity (Wildman–Crippen MR) is 107 cm³/mol. The summed E-state index contributed by atoms with van der Waals surface area (Å²) < 4.78 is 47.6. The number of hydrogen-bond donors (Lipinski definition) is 1. The number of alkyl halides is 3. The maximum atomic E-state index is 13.7. The average Bonchev–Trinajstić information content (AvgIpc) is 3.10. The van der Waals surface area contributed by atoms with Crippen LogP contribution < -0.4 is 10.1 Å². The Morgan fingerprint density at radius 2 is 1.77 bits per heavy atom. The Balaban J connectivity index is 1.73. The highest BCUT2D eigenvalue weighted by Gasteiger charge is 2.40. The topological polar surface area (TPSA) is 56.1 Å². The van der Waals surface area contributed by atoms with Crippen LogP contribution >= 0.6 is 0 Å². The van der Waals surface area contributed by atoms with Gasteiger partial charge in [-0.25, -0.2) is 4.68 Å². The minimum absolute atomic E-state index is 0.0542. The van der Waals surface area contributed by atoms with E-state index in [1.165, 1.54) is 6.07 Å². The highest BCUT2D eigenvalue weighted by molar-refractivity contribution is 5.95. The minimum atomic E-state index is -4.75. The SMILES string of the molecule is Cc1cc(C)cc(OCCNC(=O)c2cnn(-c3ccccc3C)c2C(F)(F)F)c1. The van der Waals surface area contributed by atoms with Crippen LogP contribution in [0.2, 0.25) is 0 Å². The standard InChI is InChI=1S/C22H22F3N3O2/c1-14-10-15(2)12-17(11-14)30-9-8-26-21(29)18-13-27-28(20(18)22(23,24)25)19-7-5-4-6-16(19)3/h4-7,10-13H,8-9H2,1-3H3,(H,26,29). The number of aryl methyl sites for hydroxylation is 3. The summed E-state index contributed by atoms with van der Waals surface area (Å²) in [6.45, 7) is 5.74. The second-order valence-corrected chi connectivity index (χ2v) is 7.03. The highest BCUT2D eigenvalue weighted by Crippen LogP contribution is 2.34. The van der Waals surface area contributed by atoms with Gasteiger partial charge in [0.25, 0.3) is 5.91 Å². The zero-order chi connectivity index (χ0) is 21.9. The number of carbonyl (C=O) groups is 1. The normalized spacial score (nSPS) is 11.4. The molecule has 1 amide bonds. The molecule has 0 aliphatic carbocycles. The molecule has 3 aromatic rings. The van der Waals surface area contributed by atoms with Gasteiger partial charge in [0.1, 0.15) is 12.4 Å². The van der Waals surface area contributed by atoms with Crippen LogP contribution in [0.25, 0.3) is 5.69 Å². The maximum absolute atomic E-state index is 13.7. The fourth-order valence-electron chi connectivity index (χ4n) is 3.22. The number of aromatic nitrogens is 2. The van der Waals surface area contributed by atoms with Crippen molar-refractivity contribution in [2.75, 3.05) is 13.2 Å². The molecule has 3 rings (SSSR count). The van der Waals surface area contributed by atoms with Crippen LogP contribution in [0, 0.1) is 20.8 Å². The van der Waals surface area contributed by atoms with Crippen molar-refractivity contribution >= 4 is 5.91 Å². The van der Waals surface area contributed by atoms with E-state index in [4.69, 9.17) is 4.74 Å². The molecule has 0 radical (unpaired) electrons. The monoisotopic (exact) mass is 417 g/mol. The Labute approximate surface area is 172 Å². The third-order valence-electron chi connectivity index (χ3n) is 4.48. The summed E-state index contributed by atoms with van der Waals surface area (Å²) in [6, 6.07) is 12.2. The van der Waals surface area contributed by atoms with Crippen molar-refractivity contribution in [3.8, 4) is 11.4 Å². The molecule has 5 nitrogen and oxygen atoms in total. The third kappa shape index (κ3) is 4.82. The van der Waals surface area contributed by atoms with E-state index in [-0.39, 0.29) is 18.8 Å². The number of amides is 1. The first-order valence-electron chi connectivity index (χ1n) is 9.37. The molecule has 2 aromatic carbocycles. The Hall–Kier alpha value is -3.29. The molecule has 0 spiro atoms. The molecular weight excluding hydrogens is 395 g/mol. The molecule has 0 bridgehead atoms. The molecule has 1 N–H and O–H groups in total. The van der Waals surface area contributed by atoms with E-state index in [0.717, 1.165) is 22.0 Å². The van der Waals surface area contributed by atoms with Crippen LogP contribution in [0.15, 0.2) is 48.7 Å². The number of rotatable bonds is 6. The first-order chi connectivity index (χ1) is 14.2. The third-order valence-corrected chi connectivity index (χ3v) is 4.48. The molecule has 0 aliphatic heterocycles. The first kappa shape index (κ1) is 21.4. The Morgan fingerprint density at radius 3 is 2.40 bits per heavy atom. The molecule has 0 saturated heterocycles. The number of halogens is 3. The molecular formula is C22H22F3N3O2. The Morgan fingerprint density at radius 1 is 1.10 bits per heavy atom. The zero-order valence-corrected chi connectivity index (χ0v) is 16.9. The van der Waals surface area contributed by atoms with Gasteiger partial charge in [-0.1, -0.05) is 24.3 Å². The molecule has 0 unspecified atom stereocenters. The Bertz CT molecular complexity index is 1040. The van der Waals surface area contributed by atoms with E-state index in [1.54, 1.807) is 25.1 Å². The molecule has 0 atom stereocenters. The summed E-state index contributed by atoms with van der Waals surface area (Å²) in [5.74, 6) is -0.212.